The summed E-state index contributed by atoms with van der Waals surface area (Å²) in [6.07, 6.45) is -0.0747. The monoisotopic (exact) mass is 266 g/mol. The fourth-order valence-electron chi connectivity index (χ4n) is 1.53. The highest BCUT2D eigenvalue weighted by Crippen LogP contribution is 2.24. The molecule has 0 fully saturated rings. The Morgan fingerprint density at radius 3 is 2.53 bits per heavy atom. The summed E-state index contributed by atoms with van der Waals surface area (Å²) < 4.78 is 5.08. The number of rotatable bonds is 3. The largest absolute Gasteiger partial charge is 0.444 e. The first-order valence-corrected chi connectivity index (χ1v) is 6.00. The quantitative estimate of drug-likeness (QED) is 0.670. The highest BCUT2D eigenvalue weighted by Gasteiger charge is 2.18. The molecule has 1 aromatic carbocycles. The predicted octanol–water partition coefficient (Wildman–Crippen LogP) is 3.50. The fraction of sp³-hybridized carbons (Fsp3) is 0.462. The summed E-state index contributed by atoms with van der Waals surface area (Å²) in [7, 11) is 0. The molecule has 0 aliphatic heterocycles. The molecule has 0 atom stereocenters. The topological polar surface area (TPSA) is 81.5 Å². The fourth-order valence-corrected chi connectivity index (χ4v) is 1.53. The highest BCUT2D eigenvalue weighted by molar-refractivity contribution is 5.85. The Morgan fingerprint density at radius 1 is 1.42 bits per heavy atom. The maximum Gasteiger partial charge on any atom is 0.412 e. The van der Waals surface area contributed by atoms with Gasteiger partial charge in [-0.2, -0.15) is 0 Å². The predicted molar refractivity (Wildman–Crippen MR) is 72.3 cm³/mol. The SMILES string of the molecule is CCc1ccc(NC(=O)OC(C)(C)C)cc1[N+](=O)[O-]. The van der Waals surface area contributed by atoms with Crippen molar-refractivity contribution in [2.75, 3.05) is 5.32 Å². The third-order valence-corrected chi connectivity index (χ3v) is 2.31. The van der Waals surface area contributed by atoms with E-state index in [4.69, 9.17) is 4.74 Å². The number of nitro benzene ring substituents is 1. The molecule has 0 spiro atoms. The second-order valence-electron chi connectivity index (χ2n) is 5.08. The summed E-state index contributed by atoms with van der Waals surface area (Å²) in [5.74, 6) is 0. The molecule has 1 amide bonds. The summed E-state index contributed by atoms with van der Waals surface area (Å²) in [5.41, 5.74) is 0.355. The lowest BCUT2D eigenvalue weighted by Crippen LogP contribution is -2.27. The van der Waals surface area contributed by atoms with Crippen LogP contribution in [0.3, 0.4) is 0 Å². The lowest BCUT2D eigenvalue weighted by molar-refractivity contribution is -0.385. The van der Waals surface area contributed by atoms with E-state index in [2.05, 4.69) is 5.32 Å². The zero-order valence-electron chi connectivity index (χ0n) is 11.5. The van der Waals surface area contributed by atoms with Gasteiger partial charge in [0.25, 0.3) is 5.69 Å². The minimum absolute atomic E-state index is 0.00365. The van der Waals surface area contributed by atoms with E-state index in [1.807, 2.05) is 6.92 Å². The maximum absolute atomic E-state index is 11.6. The minimum Gasteiger partial charge on any atom is -0.444 e. The maximum atomic E-state index is 11.6. The molecule has 0 bridgehead atoms. The molecule has 1 aromatic rings. The van der Waals surface area contributed by atoms with Crippen molar-refractivity contribution in [3.05, 3.63) is 33.9 Å². The van der Waals surface area contributed by atoms with Gasteiger partial charge in [-0.1, -0.05) is 13.0 Å². The molecule has 19 heavy (non-hydrogen) atoms. The lowest BCUT2D eigenvalue weighted by atomic mass is 10.1. The van der Waals surface area contributed by atoms with Crippen LogP contribution in [-0.2, 0) is 11.2 Å². The Hall–Kier alpha value is -2.11. The molecular formula is C13H18N2O4. The number of hydrogen-bond acceptors (Lipinski definition) is 4. The molecule has 0 radical (unpaired) electrons. The van der Waals surface area contributed by atoms with Gasteiger partial charge >= 0.3 is 6.09 Å². The van der Waals surface area contributed by atoms with Crippen molar-refractivity contribution in [3.8, 4) is 0 Å². The van der Waals surface area contributed by atoms with Crippen molar-refractivity contribution in [1.82, 2.24) is 0 Å². The number of nitrogens with one attached hydrogen (secondary N) is 1. The third-order valence-electron chi connectivity index (χ3n) is 2.31. The Balaban J connectivity index is 2.88. The summed E-state index contributed by atoms with van der Waals surface area (Å²) >= 11 is 0. The lowest BCUT2D eigenvalue weighted by Gasteiger charge is -2.19. The number of hydrogen-bond donors (Lipinski definition) is 1. The Bertz CT molecular complexity index is 492. The average Bonchev–Trinajstić information content (AvgIpc) is 2.26. The van der Waals surface area contributed by atoms with E-state index in [1.165, 1.54) is 6.07 Å². The molecule has 6 heteroatoms. The number of aryl methyl sites for hydroxylation is 1. The zero-order chi connectivity index (χ0) is 14.6. The van der Waals surface area contributed by atoms with Crippen LogP contribution in [0.1, 0.15) is 33.3 Å². The summed E-state index contributed by atoms with van der Waals surface area (Å²) in [4.78, 5) is 22.0. The van der Waals surface area contributed by atoms with Crippen molar-refractivity contribution in [3.63, 3.8) is 0 Å². The third kappa shape index (κ3) is 4.57. The van der Waals surface area contributed by atoms with Crippen LogP contribution >= 0.6 is 0 Å². The minimum atomic E-state index is -0.633. The number of nitrogens with zero attached hydrogens (tertiary/aromatic N) is 1. The van der Waals surface area contributed by atoms with Gasteiger partial charge in [0.05, 0.1) is 10.6 Å². The van der Waals surface area contributed by atoms with Crippen LogP contribution in [0.2, 0.25) is 0 Å². The number of nitro groups is 1. The van der Waals surface area contributed by atoms with Gasteiger partial charge in [0.2, 0.25) is 0 Å². The standard InChI is InChI=1S/C13H18N2O4/c1-5-9-6-7-10(8-11(9)15(17)18)14-12(16)19-13(2,3)4/h6-8H,5H2,1-4H3,(H,14,16). The first kappa shape index (κ1) is 14.9. The van der Waals surface area contributed by atoms with Gasteiger partial charge in [-0.05, 0) is 33.3 Å². The molecular weight excluding hydrogens is 248 g/mol. The molecule has 104 valence electrons. The first-order valence-electron chi connectivity index (χ1n) is 6.00. The second kappa shape index (κ2) is 5.69. The van der Waals surface area contributed by atoms with Crippen molar-refractivity contribution in [2.24, 2.45) is 0 Å². The van der Waals surface area contributed by atoms with E-state index in [0.29, 0.717) is 17.7 Å². The molecule has 0 unspecified atom stereocenters. The van der Waals surface area contributed by atoms with E-state index in [0.717, 1.165) is 0 Å². The van der Waals surface area contributed by atoms with Gasteiger partial charge < -0.3 is 4.74 Å². The van der Waals surface area contributed by atoms with Crippen molar-refractivity contribution < 1.29 is 14.5 Å². The Labute approximate surface area is 111 Å². The molecule has 6 nitrogen and oxygen atoms in total. The first-order chi connectivity index (χ1) is 8.73. The van der Waals surface area contributed by atoms with Crippen LogP contribution in [0.5, 0.6) is 0 Å². The van der Waals surface area contributed by atoms with Gasteiger partial charge in [-0.25, -0.2) is 4.79 Å². The van der Waals surface area contributed by atoms with Gasteiger partial charge in [-0.3, -0.25) is 15.4 Å². The summed E-state index contributed by atoms with van der Waals surface area (Å²) in [6.45, 7) is 7.07. The number of carbonyl (C=O) groups is 1. The summed E-state index contributed by atoms with van der Waals surface area (Å²) in [5, 5.41) is 13.4. The number of carbonyl (C=O) groups excluding carboxylic acids is 1. The van der Waals surface area contributed by atoms with Gasteiger partial charge in [0, 0.05) is 11.6 Å². The van der Waals surface area contributed by atoms with Crippen molar-refractivity contribution in [2.45, 2.75) is 39.7 Å². The van der Waals surface area contributed by atoms with Crippen LogP contribution in [0.4, 0.5) is 16.2 Å². The van der Waals surface area contributed by atoms with E-state index in [9.17, 15) is 14.9 Å². The van der Waals surface area contributed by atoms with Crippen LogP contribution < -0.4 is 5.32 Å². The average molecular weight is 266 g/mol. The van der Waals surface area contributed by atoms with E-state index in [1.54, 1.807) is 32.9 Å². The van der Waals surface area contributed by atoms with Crippen LogP contribution in [0, 0.1) is 10.1 Å². The van der Waals surface area contributed by atoms with Gasteiger partial charge in [0.15, 0.2) is 0 Å². The second-order valence-corrected chi connectivity index (χ2v) is 5.08. The molecule has 1 N–H and O–H groups in total. The van der Waals surface area contributed by atoms with E-state index < -0.39 is 16.6 Å². The number of anilines is 1. The Kier molecular flexibility index (Phi) is 4.47. The molecule has 0 aromatic heterocycles. The van der Waals surface area contributed by atoms with Gasteiger partial charge in [-0.15, -0.1) is 0 Å². The van der Waals surface area contributed by atoms with Crippen molar-refractivity contribution >= 4 is 17.5 Å². The molecule has 0 aliphatic carbocycles. The zero-order valence-corrected chi connectivity index (χ0v) is 11.5. The molecule has 0 aliphatic rings. The summed E-state index contributed by atoms with van der Waals surface area (Å²) in [6, 6.07) is 4.59. The van der Waals surface area contributed by atoms with E-state index >= 15 is 0 Å². The van der Waals surface area contributed by atoms with Crippen molar-refractivity contribution in [1.29, 1.82) is 0 Å². The Morgan fingerprint density at radius 2 is 2.05 bits per heavy atom. The molecule has 1 rings (SSSR count). The number of amides is 1. The van der Waals surface area contributed by atoms with Gasteiger partial charge in [0.1, 0.15) is 5.60 Å². The van der Waals surface area contributed by atoms with E-state index in [-0.39, 0.29) is 5.69 Å². The number of benzene rings is 1. The van der Waals surface area contributed by atoms with Crippen LogP contribution in [0.15, 0.2) is 18.2 Å². The smallest absolute Gasteiger partial charge is 0.412 e. The molecule has 0 heterocycles. The van der Waals surface area contributed by atoms with Crippen LogP contribution in [0.25, 0.3) is 0 Å². The molecule has 0 saturated heterocycles. The highest BCUT2D eigenvalue weighted by atomic mass is 16.6. The normalized spacial score (nSPS) is 10.9. The number of ether oxygens (including phenoxy) is 1. The molecule has 0 saturated carbocycles. The van der Waals surface area contributed by atoms with Crippen LogP contribution in [-0.4, -0.2) is 16.6 Å².